The fraction of sp³-hybridized carbons (Fsp3) is 0.351. The average molecular weight is 665 g/mol. The first kappa shape index (κ1) is 32.3. The summed E-state index contributed by atoms with van der Waals surface area (Å²) in [5, 5.41) is 4.83. The van der Waals surface area contributed by atoms with Gasteiger partial charge in [-0.1, -0.05) is 26.5 Å². The van der Waals surface area contributed by atoms with Crippen molar-refractivity contribution in [3.05, 3.63) is 106 Å². The first-order chi connectivity index (χ1) is 23.5. The zero-order valence-electron chi connectivity index (χ0n) is 28.0. The van der Waals surface area contributed by atoms with Crippen LogP contribution in [-0.4, -0.2) is 65.3 Å². The van der Waals surface area contributed by atoms with Crippen molar-refractivity contribution in [3.63, 3.8) is 0 Å². The molecular weight excluding hydrogens is 626 g/mol. The number of nitrogens with zero attached hydrogens (tertiary/aromatic N) is 8. The number of hydrogen-bond acceptors (Lipinski definition) is 7. The maximum absolute atomic E-state index is 16.4. The van der Waals surface area contributed by atoms with Crippen molar-refractivity contribution >= 4 is 22.8 Å². The second-order valence-electron chi connectivity index (χ2n) is 13.3. The smallest absolute Gasteiger partial charge is 0.349 e. The highest BCUT2D eigenvalue weighted by Crippen LogP contribution is 2.35. The van der Waals surface area contributed by atoms with Crippen LogP contribution in [0.25, 0.3) is 28.0 Å². The molecule has 12 heteroatoms. The minimum atomic E-state index is -0.743. The molecule has 7 rings (SSSR count). The van der Waals surface area contributed by atoms with E-state index in [4.69, 9.17) is 9.97 Å². The van der Waals surface area contributed by atoms with Gasteiger partial charge in [0.15, 0.2) is 5.65 Å². The Bertz CT molecular complexity index is 2170. The van der Waals surface area contributed by atoms with E-state index in [2.05, 4.69) is 16.7 Å². The number of aromatic nitrogens is 6. The molecule has 2 atom stereocenters. The van der Waals surface area contributed by atoms with Crippen LogP contribution in [0, 0.1) is 11.6 Å². The Morgan fingerprint density at radius 2 is 1.80 bits per heavy atom. The fourth-order valence-electron chi connectivity index (χ4n) is 7.14. The van der Waals surface area contributed by atoms with Crippen LogP contribution >= 0.6 is 0 Å². The molecule has 1 saturated heterocycles. The van der Waals surface area contributed by atoms with Crippen LogP contribution in [0.5, 0.6) is 0 Å². The molecule has 2 aliphatic rings. The summed E-state index contributed by atoms with van der Waals surface area (Å²) in [6.07, 6.45) is 6.53. The Labute approximate surface area is 282 Å². The summed E-state index contributed by atoms with van der Waals surface area (Å²) in [6.45, 7) is 12.7. The second-order valence-corrected chi connectivity index (χ2v) is 13.3. The Balaban J connectivity index is 1.53. The third kappa shape index (κ3) is 5.68. The number of aryl methyl sites for hydroxylation is 4. The molecule has 49 heavy (non-hydrogen) atoms. The lowest BCUT2D eigenvalue weighted by molar-refractivity contribution is -0.128. The van der Waals surface area contributed by atoms with Gasteiger partial charge in [-0.15, -0.1) is 0 Å². The Kier molecular flexibility index (Phi) is 8.33. The molecule has 0 radical (unpaired) electrons. The lowest BCUT2D eigenvalue weighted by Gasteiger charge is -2.44. The number of rotatable bonds is 3. The van der Waals surface area contributed by atoms with Gasteiger partial charge in [-0.25, -0.2) is 23.1 Å². The quantitative estimate of drug-likeness (QED) is 0.238. The van der Waals surface area contributed by atoms with Crippen molar-refractivity contribution in [3.8, 4) is 16.9 Å². The largest absolute Gasteiger partial charge is 0.355 e. The number of hydrogen-bond donors (Lipinski definition) is 0. The van der Waals surface area contributed by atoms with Crippen molar-refractivity contribution < 1.29 is 13.6 Å². The number of pyridine rings is 2. The first-order valence-corrected chi connectivity index (χ1v) is 16.7. The molecule has 4 bridgehead atoms. The van der Waals surface area contributed by atoms with Gasteiger partial charge in [0.2, 0.25) is 5.91 Å². The molecular formula is C37H38F2N8O2. The first-order valence-electron chi connectivity index (χ1n) is 16.7. The molecule has 1 amide bonds. The van der Waals surface area contributed by atoms with Crippen LogP contribution in [-0.2, 0) is 30.6 Å². The monoisotopic (exact) mass is 664 g/mol. The summed E-state index contributed by atoms with van der Waals surface area (Å²) < 4.78 is 35.3. The maximum atomic E-state index is 16.4. The van der Waals surface area contributed by atoms with Crippen LogP contribution in [0.3, 0.4) is 0 Å². The van der Waals surface area contributed by atoms with Crippen molar-refractivity contribution in [1.29, 1.82) is 0 Å². The third-order valence-corrected chi connectivity index (χ3v) is 9.68. The highest BCUT2D eigenvalue weighted by Gasteiger charge is 2.34. The van der Waals surface area contributed by atoms with Gasteiger partial charge >= 0.3 is 5.69 Å². The number of amides is 1. The Morgan fingerprint density at radius 1 is 0.980 bits per heavy atom. The van der Waals surface area contributed by atoms with E-state index in [9.17, 15) is 9.59 Å². The van der Waals surface area contributed by atoms with E-state index in [1.54, 1.807) is 29.4 Å². The zero-order valence-corrected chi connectivity index (χ0v) is 28.0. The molecule has 0 saturated carbocycles. The van der Waals surface area contributed by atoms with Gasteiger partial charge in [-0.2, -0.15) is 10.1 Å². The molecule has 0 N–H and O–H groups in total. The SMILES string of the molecule is C=CC(=O)N1C[C@H](C)N(c2nc(=O)n3c4nc(c(F)cc24)-c2cc(ccc2F)CCn2nccc2CCc2ccnc(C(C)C)c2-3)C[C@H]1C. The van der Waals surface area contributed by atoms with Gasteiger partial charge in [0, 0.05) is 55.4 Å². The lowest BCUT2D eigenvalue weighted by atomic mass is 10.00. The number of benzene rings is 1. The summed E-state index contributed by atoms with van der Waals surface area (Å²) >= 11 is 0. The van der Waals surface area contributed by atoms with E-state index in [1.165, 1.54) is 22.8 Å². The standard InChI is InChI=1S/C37H38F2N8O2/c1-6-31(48)44-19-23(5)45(20-22(44)4)35-28-18-30(39)33-27-17-24(7-10-29(27)38)13-16-46-26(12-15-41-46)9-8-25-11-14-40-32(21(2)3)34(25)47(36(28)42-33)37(49)43-35/h6-7,10-12,14-15,17-18,21-23H,1,8-9,13,16,19-20H2,2-5H3/t22-,23+/m1/s1. The van der Waals surface area contributed by atoms with Gasteiger partial charge in [0.05, 0.1) is 16.8 Å². The molecule has 1 aromatic carbocycles. The van der Waals surface area contributed by atoms with Gasteiger partial charge in [-0.05, 0) is 86.6 Å². The van der Waals surface area contributed by atoms with E-state index in [1.807, 2.05) is 49.4 Å². The highest BCUT2D eigenvalue weighted by atomic mass is 19.1. The van der Waals surface area contributed by atoms with Crippen LogP contribution in [0.4, 0.5) is 14.6 Å². The van der Waals surface area contributed by atoms with E-state index in [-0.39, 0.29) is 46.6 Å². The van der Waals surface area contributed by atoms with Gasteiger partial charge in [0.25, 0.3) is 0 Å². The minimum absolute atomic E-state index is 0.00106. The second kappa shape index (κ2) is 12.6. The Hall–Kier alpha value is -5.26. The van der Waals surface area contributed by atoms with Gasteiger partial charge in [0.1, 0.15) is 23.1 Å². The van der Waals surface area contributed by atoms with E-state index in [0.29, 0.717) is 55.7 Å². The number of carbonyl (C=O) groups excluding carboxylic acids is 1. The summed E-state index contributed by atoms with van der Waals surface area (Å²) in [6, 6.07) is 9.29. The summed E-state index contributed by atoms with van der Waals surface area (Å²) in [5.74, 6) is -1.39. The van der Waals surface area contributed by atoms with Crippen molar-refractivity contribution in [1.82, 2.24) is 34.2 Å². The molecule has 0 unspecified atom stereocenters. The van der Waals surface area contributed by atoms with E-state index < -0.39 is 17.3 Å². The molecule has 1 fully saturated rings. The lowest BCUT2D eigenvalue weighted by Crippen LogP contribution is -2.58. The predicted molar refractivity (Wildman–Crippen MR) is 184 cm³/mol. The number of anilines is 1. The number of fused-ring (bicyclic) bond motifs is 7. The van der Waals surface area contributed by atoms with Crippen molar-refractivity contribution in [2.24, 2.45) is 0 Å². The average Bonchev–Trinajstić information content (AvgIpc) is 3.54. The molecule has 0 spiro atoms. The van der Waals surface area contributed by atoms with Crippen molar-refractivity contribution in [2.45, 2.75) is 71.5 Å². The summed E-state index contributed by atoms with van der Waals surface area (Å²) in [7, 11) is 0. The normalized spacial score (nSPS) is 17.9. The summed E-state index contributed by atoms with van der Waals surface area (Å²) in [5.41, 5.74) is 3.18. The summed E-state index contributed by atoms with van der Waals surface area (Å²) in [4.78, 5) is 44.8. The molecule has 252 valence electrons. The molecule has 5 aromatic rings. The fourth-order valence-corrected chi connectivity index (χ4v) is 7.14. The minimum Gasteiger partial charge on any atom is -0.349 e. The van der Waals surface area contributed by atoms with E-state index in [0.717, 1.165) is 16.8 Å². The van der Waals surface area contributed by atoms with Crippen LogP contribution < -0.4 is 10.6 Å². The van der Waals surface area contributed by atoms with E-state index >= 15 is 8.78 Å². The van der Waals surface area contributed by atoms with Gasteiger partial charge in [-0.3, -0.25) is 14.5 Å². The van der Waals surface area contributed by atoms with Crippen LogP contribution in [0.15, 0.2) is 66.2 Å². The Morgan fingerprint density at radius 3 is 2.57 bits per heavy atom. The molecule has 2 aliphatic heterocycles. The zero-order chi connectivity index (χ0) is 34.6. The van der Waals surface area contributed by atoms with Crippen LogP contribution in [0.2, 0.25) is 0 Å². The number of carbonyl (C=O) groups is 1. The maximum Gasteiger partial charge on any atom is 0.355 e. The molecule has 4 aromatic heterocycles. The number of piperazine rings is 1. The molecule has 0 aliphatic carbocycles. The molecule has 6 heterocycles. The third-order valence-electron chi connectivity index (χ3n) is 9.68. The topological polar surface area (TPSA) is 102 Å². The predicted octanol–water partition coefficient (Wildman–Crippen LogP) is 5.39. The van der Waals surface area contributed by atoms with Crippen LogP contribution in [0.1, 0.15) is 56.1 Å². The van der Waals surface area contributed by atoms with Crippen molar-refractivity contribution in [2.75, 3.05) is 18.0 Å². The highest BCUT2D eigenvalue weighted by molar-refractivity contribution is 5.91. The number of halogens is 2. The molecule has 10 nitrogen and oxygen atoms in total. The van der Waals surface area contributed by atoms with Gasteiger partial charge < -0.3 is 9.80 Å².